The SMILES string of the molecule is CCCNC(=O)[C@H]1CN([C@@H](C)C(=O)Nc2ccc(F)c(F)c2F)c2ccccc2O1. The van der Waals surface area contributed by atoms with Crippen molar-refractivity contribution >= 4 is 23.2 Å². The summed E-state index contributed by atoms with van der Waals surface area (Å²) in [4.78, 5) is 26.8. The van der Waals surface area contributed by atoms with Gasteiger partial charge in [0, 0.05) is 6.54 Å². The van der Waals surface area contributed by atoms with Crippen molar-refractivity contribution in [1.82, 2.24) is 5.32 Å². The number of amides is 2. The summed E-state index contributed by atoms with van der Waals surface area (Å²) in [6.45, 7) is 4.07. The van der Waals surface area contributed by atoms with E-state index in [2.05, 4.69) is 10.6 Å². The third-order valence-corrected chi connectivity index (χ3v) is 4.79. The van der Waals surface area contributed by atoms with Crippen LogP contribution in [0, 0.1) is 17.5 Å². The molecule has 0 bridgehead atoms. The van der Waals surface area contributed by atoms with Gasteiger partial charge in [-0.25, -0.2) is 13.2 Å². The molecule has 2 aromatic rings. The van der Waals surface area contributed by atoms with Gasteiger partial charge in [-0.1, -0.05) is 19.1 Å². The van der Waals surface area contributed by atoms with Gasteiger partial charge in [0.15, 0.2) is 23.6 Å². The Labute approximate surface area is 172 Å². The van der Waals surface area contributed by atoms with Crippen molar-refractivity contribution in [1.29, 1.82) is 0 Å². The van der Waals surface area contributed by atoms with Crippen LogP contribution < -0.4 is 20.3 Å². The monoisotopic (exact) mass is 421 g/mol. The summed E-state index contributed by atoms with van der Waals surface area (Å²) in [5, 5.41) is 5.04. The van der Waals surface area contributed by atoms with Crippen molar-refractivity contribution in [3.05, 3.63) is 53.8 Å². The molecule has 1 aliphatic heterocycles. The van der Waals surface area contributed by atoms with Crippen LogP contribution in [0.5, 0.6) is 5.75 Å². The van der Waals surface area contributed by atoms with Gasteiger partial charge >= 0.3 is 0 Å². The summed E-state index contributed by atoms with van der Waals surface area (Å²) < 4.78 is 46.3. The fourth-order valence-corrected chi connectivity index (χ4v) is 3.13. The second-order valence-electron chi connectivity index (χ2n) is 6.91. The molecule has 3 rings (SSSR count). The lowest BCUT2D eigenvalue weighted by atomic mass is 10.1. The van der Waals surface area contributed by atoms with E-state index in [-0.39, 0.29) is 12.5 Å². The number of nitrogens with zero attached hydrogens (tertiary/aromatic N) is 1. The Morgan fingerprint density at radius 3 is 2.63 bits per heavy atom. The summed E-state index contributed by atoms with van der Waals surface area (Å²) in [7, 11) is 0. The van der Waals surface area contributed by atoms with Crippen LogP contribution in [0.1, 0.15) is 20.3 Å². The minimum Gasteiger partial charge on any atom is -0.477 e. The molecule has 2 aromatic carbocycles. The van der Waals surface area contributed by atoms with Crippen molar-refractivity contribution in [3.63, 3.8) is 0 Å². The number of hydrogen-bond acceptors (Lipinski definition) is 4. The zero-order valence-corrected chi connectivity index (χ0v) is 16.5. The summed E-state index contributed by atoms with van der Waals surface area (Å²) >= 11 is 0. The lowest BCUT2D eigenvalue weighted by molar-refractivity contribution is -0.128. The van der Waals surface area contributed by atoms with Gasteiger partial charge in [0.25, 0.3) is 5.91 Å². The number of benzene rings is 2. The molecule has 2 atom stereocenters. The van der Waals surface area contributed by atoms with Crippen molar-refractivity contribution in [2.45, 2.75) is 32.4 Å². The molecule has 0 aromatic heterocycles. The summed E-state index contributed by atoms with van der Waals surface area (Å²) in [5.74, 6) is -5.01. The number of para-hydroxylation sites is 2. The molecule has 1 heterocycles. The second kappa shape index (κ2) is 9.06. The maximum Gasteiger partial charge on any atom is 0.262 e. The maximum absolute atomic E-state index is 13.9. The van der Waals surface area contributed by atoms with Crippen molar-refractivity contribution in [2.75, 3.05) is 23.3 Å². The van der Waals surface area contributed by atoms with E-state index in [0.29, 0.717) is 18.0 Å². The highest BCUT2D eigenvalue weighted by Crippen LogP contribution is 2.34. The molecule has 2 amide bonds. The molecule has 6 nitrogen and oxygen atoms in total. The number of hydrogen-bond donors (Lipinski definition) is 2. The average Bonchev–Trinajstić information content (AvgIpc) is 2.76. The predicted molar refractivity (Wildman–Crippen MR) is 106 cm³/mol. The van der Waals surface area contributed by atoms with E-state index in [1.54, 1.807) is 36.1 Å². The van der Waals surface area contributed by atoms with Crippen molar-refractivity contribution in [3.8, 4) is 5.75 Å². The molecule has 0 fully saturated rings. The largest absolute Gasteiger partial charge is 0.477 e. The molecule has 0 spiro atoms. The quantitative estimate of drug-likeness (QED) is 0.703. The number of ether oxygens (including phenoxy) is 1. The zero-order chi connectivity index (χ0) is 21.8. The highest BCUT2D eigenvalue weighted by molar-refractivity contribution is 5.97. The van der Waals surface area contributed by atoms with Crippen molar-refractivity contribution in [2.24, 2.45) is 0 Å². The molecule has 2 N–H and O–H groups in total. The molecule has 160 valence electrons. The van der Waals surface area contributed by atoms with Crippen LogP contribution >= 0.6 is 0 Å². The Bertz CT molecular complexity index is 954. The van der Waals surface area contributed by atoms with Gasteiger partial charge in [-0.15, -0.1) is 0 Å². The first-order valence-corrected chi connectivity index (χ1v) is 9.57. The van der Waals surface area contributed by atoms with Crippen LogP contribution in [-0.4, -0.2) is 37.0 Å². The van der Waals surface area contributed by atoms with E-state index in [4.69, 9.17) is 4.74 Å². The van der Waals surface area contributed by atoms with Crippen LogP contribution in [0.4, 0.5) is 24.5 Å². The highest BCUT2D eigenvalue weighted by atomic mass is 19.2. The molecule has 0 aliphatic carbocycles. The molecular formula is C21H22F3N3O3. The third-order valence-electron chi connectivity index (χ3n) is 4.79. The molecule has 0 saturated carbocycles. The van der Waals surface area contributed by atoms with E-state index >= 15 is 0 Å². The van der Waals surface area contributed by atoms with E-state index in [1.165, 1.54) is 0 Å². The van der Waals surface area contributed by atoms with Gasteiger partial charge in [0.1, 0.15) is 11.8 Å². The molecule has 0 saturated heterocycles. The molecule has 9 heteroatoms. The number of nitrogens with one attached hydrogen (secondary N) is 2. The van der Waals surface area contributed by atoms with Crippen LogP contribution in [0.2, 0.25) is 0 Å². The Balaban J connectivity index is 1.82. The van der Waals surface area contributed by atoms with Gasteiger partial charge in [0.05, 0.1) is 17.9 Å². The van der Waals surface area contributed by atoms with E-state index in [0.717, 1.165) is 18.6 Å². The number of anilines is 2. The van der Waals surface area contributed by atoms with Gasteiger partial charge in [-0.3, -0.25) is 9.59 Å². The molecule has 0 unspecified atom stereocenters. The fraction of sp³-hybridized carbons (Fsp3) is 0.333. The maximum atomic E-state index is 13.9. The lowest BCUT2D eigenvalue weighted by Crippen LogP contribution is -2.54. The number of rotatable bonds is 6. The Morgan fingerprint density at radius 1 is 1.17 bits per heavy atom. The number of fused-ring (bicyclic) bond motifs is 1. The van der Waals surface area contributed by atoms with Crippen molar-refractivity contribution < 1.29 is 27.5 Å². The van der Waals surface area contributed by atoms with E-state index < -0.39 is 41.2 Å². The van der Waals surface area contributed by atoms with E-state index in [9.17, 15) is 22.8 Å². The molecule has 30 heavy (non-hydrogen) atoms. The topological polar surface area (TPSA) is 70.7 Å². The Morgan fingerprint density at radius 2 is 1.90 bits per heavy atom. The zero-order valence-electron chi connectivity index (χ0n) is 16.5. The minimum atomic E-state index is -1.66. The number of carbonyl (C=O) groups is 2. The molecule has 1 aliphatic rings. The van der Waals surface area contributed by atoms with E-state index in [1.807, 2.05) is 6.92 Å². The number of carbonyl (C=O) groups excluding carboxylic acids is 2. The Kier molecular flexibility index (Phi) is 6.49. The smallest absolute Gasteiger partial charge is 0.262 e. The van der Waals surface area contributed by atoms with Gasteiger partial charge < -0.3 is 20.3 Å². The lowest BCUT2D eigenvalue weighted by Gasteiger charge is -2.38. The predicted octanol–water partition coefficient (Wildman–Crippen LogP) is 3.22. The van der Waals surface area contributed by atoms with Crippen LogP contribution in [-0.2, 0) is 9.59 Å². The molecule has 0 radical (unpaired) electrons. The fourth-order valence-electron chi connectivity index (χ4n) is 3.13. The van der Waals surface area contributed by atoms with Crippen LogP contribution in [0.3, 0.4) is 0 Å². The van der Waals surface area contributed by atoms with Gasteiger partial charge in [-0.05, 0) is 37.6 Å². The third kappa shape index (κ3) is 4.34. The first-order valence-electron chi connectivity index (χ1n) is 9.57. The normalized spacial score (nSPS) is 16.3. The second-order valence-corrected chi connectivity index (χ2v) is 6.91. The van der Waals surface area contributed by atoms with Gasteiger partial charge in [-0.2, -0.15) is 0 Å². The highest BCUT2D eigenvalue weighted by Gasteiger charge is 2.35. The minimum absolute atomic E-state index is 0.0847. The average molecular weight is 421 g/mol. The summed E-state index contributed by atoms with van der Waals surface area (Å²) in [5.41, 5.74) is 0.120. The Hall–Kier alpha value is -3.23. The van der Waals surface area contributed by atoms with Gasteiger partial charge in [0.2, 0.25) is 5.91 Å². The summed E-state index contributed by atoms with van der Waals surface area (Å²) in [6.07, 6.45) is -0.0844. The van der Waals surface area contributed by atoms with Crippen LogP contribution in [0.15, 0.2) is 36.4 Å². The summed E-state index contributed by atoms with van der Waals surface area (Å²) in [6, 6.07) is 7.74. The first kappa shape index (κ1) is 21.5. The molecular weight excluding hydrogens is 399 g/mol. The number of halogens is 3. The first-order chi connectivity index (χ1) is 14.3. The van der Waals surface area contributed by atoms with Crippen LogP contribution in [0.25, 0.3) is 0 Å². The standard InChI is InChI=1S/C21H22F3N3O3/c1-3-10-25-21(29)17-11-27(15-6-4-5-7-16(15)30-17)12(2)20(28)26-14-9-8-13(22)18(23)19(14)24/h4-9,12,17H,3,10-11H2,1-2H3,(H,25,29)(H,26,28)/t12-,17+/m0/s1.